The number of nitrogens with zero attached hydrogens (tertiary/aromatic N) is 1. The van der Waals surface area contributed by atoms with Crippen LogP contribution in [0.1, 0.15) is 13.8 Å². The van der Waals surface area contributed by atoms with Crippen molar-refractivity contribution in [2.75, 3.05) is 27.2 Å². The number of carboxylic acid groups (broad SMARTS) is 1. The molecule has 0 bridgehead atoms. The Hall–Kier alpha value is -0.650. The summed E-state index contributed by atoms with van der Waals surface area (Å²) in [4.78, 5) is 12.5. The Morgan fingerprint density at radius 3 is 2.43 bits per heavy atom. The van der Waals surface area contributed by atoms with Crippen LogP contribution in [0.25, 0.3) is 0 Å². The van der Waals surface area contributed by atoms with E-state index in [1.807, 2.05) is 25.9 Å². The number of carbonyl (C=O) groups is 1. The van der Waals surface area contributed by atoms with E-state index in [0.717, 1.165) is 6.54 Å². The first-order chi connectivity index (χ1) is 6.25. The van der Waals surface area contributed by atoms with Gasteiger partial charge < -0.3 is 20.4 Å². The molecule has 0 spiro atoms. The summed E-state index contributed by atoms with van der Waals surface area (Å²) in [6.07, 6.45) is 0. The second kappa shape index (κ2) is 5.29. The van der Waals surface area contributed by atoms with Gasteiger partial charge in [-0.15, -0.1) is 0 Å². The van der Waals surface area contributed by atoms with E-state index in [-0.39, 0.29) is 12.6 Å². The van der Waals surface area contributed by atoms with Crippen molar-refractivity contribution in [2.24, 2.45) is 0 Å². The van der Waals surface area contributed by atoms with Gasteiger partial charge in [0.05, 0.1) is 0 Å². The molecule has 0 saturated carbocycles. The number of aliphatic hydroxyl groups is 1. The van der Waals surface area contributed by atoms with Crippen LogP contribution >= 0.6 is 0 Å². The van der Waals surface area contributed by atoms with E-state index in [1.54, 1.807) is 0 Å². The van der Waals surface area contributed by atoms with Gasteiger partial charge in [0.2, 0.25) is 0 Å². The number of hydrogen-bond acceptors (Lipinski definition) is 4. The Kier molecular flexibility index (Phi) is 5.04. The lowest BCUT2D eigenvalue weighted by atomic mass is 10.1. The second-order valence-corrected chi connectivity index (χ2v) is 4.12. The molecule has 0 aromatic carbocycles. The fourth-order valence-electron chi connectivity index (χ4n) is 1.06. The van der Waals surface area contributed by atoms with Crippen molar-refractivity contribution in [3.05, 3.63) is 0 Å². The van der Waals surface area contributed by atoms with Gasteiger partial charge in [0.15, 0.2) is 5.60 Å². The molecule has 2 atom stereocenters. The average molecular weight is 204 g/mol. The Morgan fingerprint density at radius 1 is 1.57 bits per heavy atom. The number of rotatable bonds is 6. The normalized spacial score (nSPS) is 17.9. The third kappa shape index (κ3) is 5.16. The predicted molar refractivity (Wildman–Crippen MR) is 54.3 cm³/mol. The van der Waals surface area contributed by atoms with Crippen LogP contribution in [0.2, 0.25) is 0 Å². The van der Waals surface area contributed by atoms with E-state index in [9.17, 15) is 9.90 Å². The summed E-state index contributed by atoms with van der Waals surface area (Å²) < 4.78 is 0. The van der Waals surface area contributed by atoms with Crippen molar-refractivity contribution in [2.45, 2.75) is 25.5 Å². The maximum absolute atomic E-state index is 10.6. The summed E-state index contributed by atoms with van der Waals surface area (Å²) in [7, 11) is 3.88. The highest BCUT2D eigenvalue weighted by molar-refractivity contribution is 5.76. The molecule has 14 heavy (non-hydrogen) atoms. The molecule has 0 saturated heterocycles. The van der Waals surface area contributed by atoms with E-state index in [1.165, 1.54) is 6.92 Å². The fraction of sp³-hybridized carbons (Fsp3) is 0.889. The monoisotopic (exact) mass is 204 g/mol. The zero-order valence-corrected chi connectivity index (χ0v) is 9.24. The van der Waals surface area contributed by atoms with Crippen molar-refractivity contribution in [1.29, 1.82) is 0 Å². The van der Waals surface area contributed by atoms with E-state index >= 15 is 0 Å². The summed E-state index contributed by atoms with van der Waals surface area (Å²) in [5.74, 6) is -1.21. The van der Waals surface area contributed by atoms with E-state index < -0.39 is 11.6 Å². The third-order valence-corrected chi connectivity index (χ3v) is 1.89. The molecule has 3 N–H and O–H groups in total. The van der Waals surface area contributed by atoms with Crippen LogP contribution in [0.5, 0.6) is 0 Å². The average Bonchev–Trinajstić information content (AvgIpc) is 1.99. The van der Waals surface area contributed by atoms with Gasteiger partial charge in [0.1, 0.15) is 0 Å². The topological polar surface area (TPSA) is 72.8 Å². The SMILES string of the molecule is CC(CN(C)C)NCC(C)(O)C(=O)O. The first-order valence-corrected chi connectivity index (χ1v) is 4.59. The molecule has 0 amide bonds. The van der Waals surface area contributed by atoms with Crippen LogP contribution in [-0.4, -0.2) is 59.9 Å². The van der Waals surface area contributed by atoms with Gasteiger partial charge >= 0.3 is 5.97 Å². The predicted octanol–water partition coefficient (Wildman–Crippen LogP) is -0.638. The zero-order valence-electron chi connectivity index (χ0n) is 9.24. The lowest BCUT2D eigenvalue weighted by Crippen LogP contribution is -2.49. The summed E-state index contributed by atoms with van der Waals surface area (Å²) >= 11 is 0. The first-order valence-electron chi connectivity index (χ1n) is 4.59. The Labute approximate surface area is 84.7 Å². The van der Waals surface area contributed by atoms with Crippen molar-refractivity contribution < 1.29 is 15.0 Å². The highest BCUT2D eigenvalue weighted by Gasteiger charge is 2.29. The molecule has 0 aromatic heterocycles. The van der Waals surface area contributed by atoms with E-state index in [0.29, 0.717) is 0 Å². The second-order valence-electron chi connectivity index (χ2n) is 4.12. The number of likely N-dealkylation sites (N-methyl/N-ethyl adjacent to an activating group) is 1. The Bertz CT molecular complexity index is 192. The molecule has 5 nitrogen and oxygen atoms in total. The molecule has 84 valence electrons. The lowest BCUT2D eigenvalue weighted by Gasteiger charge is -2.23. The molecule has 0 aromatic rings. The highest BCUT2D eigenvalue weighted by atomic mass is 16.4. The molecular formula is C9H20N2O3. The van der Waals surface area contributed by atoms with Crippen LogP contribution in [0.4, 0.5) is 0 Å². The summed E-state index contributed by atoms with van der Waals surface area (Å²) in [6, 6.07) is 0.149. The maximum Gasteiger partial charge on any atom is 0.336 e. The van der Waals surface area contributed by atoms with Gasteiger partial charge in [-0.25, -0.2) is 4.79 Å². The smallest absolute Gasteiger partial charge is 0.336 e. The Balaban J connectivity index is 3.87. The summed E-state index contributed by atoms with van der Waals surface area (Å²) in [5, 5.41) is 21.0. The molecule has 0 aliphatic carbocycles. The van der Waals surface area contributed by atoms with Gasteiger partial charge in [-0.2, -0.15) is 0 Å². The van der Waals surface area contributed by atoms with Crippen LogP contribution in [0, 0.1) is 0 Å². The first kappa shape index (κ1) is 13.4. The van der Waals surface area contributed by atoms with Crippen LogP contribution < -0.4 is 5.32 Å². The van der Waals surface area contributed by atoms with E-state index in [4.69, 9.17) is 5.11 Å². The number of hydrogen-bond donors (Lipinski definition) is 3. The zero-order chi connectivity index (χ0) is 11.4. The minimum absolute atomic E-state index is 0.0529. The van der Waals surface area contributed by atoms with Crippen LogP contribution in [0.3, 0.4) is 0 Å². The van der Waals surface area contributed by atoms with E-state index in [2.05, 4.69) is 5.32 Å². The van der Waals surface area contributed by atoms with Crippen molar-refractivity contribution in [3.8, 4) is 0 Å². The summed E-state index contributed by atoms with van der Waals surface area (Å²) in [6.45, 7) is 4.08. The molecule has 0 fully saturated rings. The minimum atomic E-state index is -1.69. The number of aliphatic carboxylic acids is 1. The number of nitrogens with one attached hydrogen (secondary N) is 1. The van der Waals surface area contributed by atoms with Gasteiger partial charge in [-0.3, -0.25) is 0 Å². The summed E-state index contributed by atoms with van der Waals surface area (Å²) in [5.41, 5.74) is -1.69. The maximum atomic E-state index is 10.6. The largest absolute Gasteiger partial charge is 0.479 e. The van der Waals surface area contributed by atoms with Gasteiger partial charge in [-0.1, -0.05) is 0 Å². The third-order valence-electron chi connectivity index (χ3n) is 1.89. The van der Waals surface area contributed by atoms with Crippen molar-refractivity contribution in [1.82, 2.24) is 10.2 Å². The van der Waals surface area contributed by atoms with Gasteiger partial charge in [0, 0.05) is 19.1 Å². The molecule has 0 aliphatic rings. The van der Waals surface area contributed by atoms with Crippen molar-refractivity contribution >= 4 is 5.97 Å². The van der Waals surface area contributed by atoms with Crippen LogP contribution in [-0.2, 0) is 4.79 Å². The molecule has 0 aliphatic heterocycles. The fourth-order valence-corrected chi connectivity index (χ4v) is 1.06. The highest BCUT2D eigenvalue weighted by Crippen LogP contribution is 2.01. The molecular weight excluding hydrogens is 184 g/mol. The lowest BCUT2D eigenvalue weighted by molar-refractivity contribution is -0.156. The molecule has 2 unspecified atom stereocenters. The Morgan fingerprint density at radius 2 is 2.07 bits per heavy atom. The van der Waals surface area contributed by atoms with Gasteiger partial charge in [0.25, 0.3) is 0 Å². The quantitative estimate of drug-likeness (QED) is 0.537. The standard InChI is InChI=1S/C9H20N2O3/c1-7(5-11(3)4)10-6-9(2,14)8(12)13/h7,10,14H,5-6H2,1-4H3,(H,12,13). The van der Waals surface area contributed by atoms with Gasteiger partial charge in [-0.05, 0) is 27.9 Å². The molecule has 5 heteroatoms. The minimum Gasteiger partial charge on any atom is -0.479 e. The molecule has 0 heterocycles. The van der Waals surface area contributed by atoms with Crippen LogP contribution in [0.15, 0.2) is 0 Å². The molecule has 0 radical (unpaired) electrons. The number of carboxylic acids is 1. The molecule has 0 rings (SSSR count). The van der Waals surface area contributed by atoms with Crippen molar-refractivity contribution in [3.63, 3.8) is 0 Å².